The highest BCUT2D eigenvalue weighted by Gasteiger charge is 2.57. The summed E-state index contributed by atoms with van der Waals surface area (Å²) in [5.74, 6) is -1.93. The molecular weight excluding hydrogens is 396 g/mol. The number of hydrogen-bond acceptors (Lipinski definition) is 8. The van der Waals surface area contributed by atoms with E-state index in [1.165, 1.54) is 7.11 Å². The molecule has 0 spiro atoms. The predicted molar refractivity (Wildman–Crippen MR) is 110 cm³/mol. The van der Waals surface area contributed by atoms with Crippen molar-refractivity contribution in [3.05, 3.63) is 35.4 Å². The maximum Gasteiger partial charge on any atom is 0.255 e. The number of amides is 1. The molecule has 1 saturated carbocycles. The van der Waals surface area contributed by atoms with Crippen LogP contribution in [0.4, 0.5) is 0 Å². The summed E-state index contributed by atoms with van der Waals surface area (Å²) in [6, 6.07) is 11.2. The first-order chi connectivity index (χ1) is 14.8. The number of nitrogens with one attached hydrogen (secondary N) is 1. The van der Waals surface area contributed by atoms with E-state index >= 15 is 0 Å². The molecule has 31 heavy (non-hydrogen) atoms. The number of carbonyl (C=O) groups excluding carboxylic acids is 1. The lowest BCUT2D eigenvalue weighted by molar-refractivity contribution is -0.119. The second-order valence-corrected chi connectivity index (χ2v) is 7.68. The van der Waals surface area contributed by atoms with Gasteiger partial charge in [-0.2, -0.15) is 15.8 Å². The van der Waals surface area contributed by atoms with E-state index in [4.69, 9.17) is 20.6 Å². The molecule has 1 fully saturated rings. The first-order valence-corrected chi connectivity index (χ1v) is 9.61. The molecule has 3 rings (SSSR count). The lowest BCUT2D eigenvalue weighted by atomic mass is 9.54. The normalized spacial score (nSPS) is 24.5. The maximum absolute atomic E-state index is 11.1. The van der Waals surface area contributed by atoms with Crippen molar-refractivity contribution in [2.45, 2.75) is 5.92 Å². The summed E-state index contributed by atoms with van der Waals surface area (Å²) in [5.41, 5.74) is 4.51. The number of hydrogen-bond donors (Lipinski definition) is 2. The Bertz CT molecular complexity index is 1060. The number of fused-ring (bicyclic) bond motifs is 1. The highest BCUT2D eigenvalue weighted by atomic mass is 16.5. The number of rotatable bonds is 5. The Morgan fingerprint density at radius 1 is 1.32 bits per heavy atom. The number of likely N-dealkylation sites (N-methyl/N-ethyl adjacent to an activating group) is 1. The molecule has 1 aliphatic carbocycles. The lowest BCUT2D eigenvalue weighted by Crippen LogP contribution is -2.52. The molecule has 1 aromatic rings. The Kier molecular flexibility index (Phi) is 5.97. The van der Waals surface area contributed by atoms with Gasteiger partial charge in [-0.05, 0) is 30.3 Å². The van der Waals surface area contributed by atoms with Gasteiger partial charge in [-0.1, -0.05) is 12.1 Å². The minimum absolute atomic E-state index is 0.204. The maximum atomic E-state index is 11.1. The Balaban J connectivity index is 2.18. The first-order valence-electron chi connectivity index (χ1n) is 9.61. The second-order valence-electron chi connectivity index (χ2n) is 7.68. The Hall–Kier alpha value is -3.87. The fraction of sp³-hybridized carbons (Fsp3) is 0.409. The van der Waals surface area contributed by atoms with Crippen LogP contribution in [0.25, 0.3) is 0 Å². The van der Waals surface area contributed by atoms with Crippen LogP contribution in [0.15, 0.2) is 29.8 Å². The molecule has 9 heteroatoms. The first kappa shape index (κ1) is 21.8. The molecule has 0 saturated heterocycles. The van der Waals surface area contributed by atoms with Crippen molar-refractivity contribution < 1.29 is 14.3 Å². The molecule has 1 amide bonds. The van der Waals surface area contributed by atoms with Crippen molar-refractivity contribution in [3.63, 3.8) is 0 Å². The monoisotopic (exact) mass is 418 g/mol. The molecule has 1 heterocycles. The van der Waals surface area contributed by atoms with E-state index in [0.29, 0.717) is 30.2 Å². The fourth-order valence-electron chi connectivity index (χ4n) is 4.47. The average Bonchev–Trinajstić information content (AvgIpc) is 2.77. The Morgan fingerprint density at radius 3 is 2.61 bits per heavy atom. The van der Waals surface area contributed by atoms with Crippen LogP contribution in [0.3, 0.4) is 0 Å². The van der Waals surface area contributed by atoms with E-state index in [0.717, 1.165) is 5.57 Å². The van der Waals surface area contributed by atoms with Crippen LogP contribution in [0.1, 0.15) is 11.5 Å². The van der Waals surface area contributed by atoms with E-state index in [-0.39, 0.29) is 18.2 Å². The highest BCUT2D eigenvalue weighted by Crippen LogP contribution is 2.54. The quantitative estimate of drug-likeness (QED) is 0.682. The fourth-order valence-corrected chi connectivity index (χ4v) is 4.47. The molecule has 158 valence electrons. The van der Waals surface area contributed by atoms with Gasteiger partial charge in [-0.15, -0.1) is 0 Å². The van der Waals surface area contributed by atoms with Gasteiger partial charge in [0.25, 0.3) is 5.91 Å². The number of benzene rings is 1. The van der Waals surface area contributed by atoms with E-state index < -0.39 is 23.2 Å². The van der Waals surface area contributed by atoms with Crippen LogP contribution < -0.4 is 15.2 Å². The van der Waals surface area contributed by atoms with Crippen LogP contribution in [0, 0.1) is 56.7 Å². The van der Waals surface area contributed by atoms with Crippen molar-refractivity contribution in [3.8, 4) is 29.7 Å². The van der Waals surface area contributed by atoms with Gasteiger partial charge >= 0.3 is 0 Å². The zero-order chi connectivity index (χ0) is 22.8. The van der Waals surface area contributed by atoms with Gasteiger partial charge in [-0.25, -0.2) is 0 Å². The molecule has 1 aromatic carbocycles. The summed E-state index contributed by atoms with van der Waals surface area (Å²) in [6.07, 6.45) is 1.92. The lowest BCUT2D eigenvalue weighted by Gasteiger charge is -2.47. The molecule has 9 nitrogen and oxygen atoms in total. The zero-order valence-electron chi connectivity index (χ0n) is 17.3. The molecule has 3 atom stereocenters. The van der Waals surface area contributed by atoms with Crippen molar-refractivity contribution in [2.75, 3.05) is 33.9 Å². The molecule has 2 aliphatic rings. The minimum Gasteiger partial charge on any atom is -0.493 e. The molecule has 0 radical (unpaired) electrons. The number of nitrogens with zero attached hydrogens (tertiary/aromatic N) is 4. The highest BCUT2D eigenvalue weighted by molar-refractivity contribution is 6.00. The van der Waals surface area contributed by atoms with Crippen LogP contribution in [-0.4, -0.2) is 50.4 Å². The van der Waals surface area contributed by atoms with Crippen LogP contribution in [0.2, 0.25) is 0 Å². The summed E-state index contributed by atoms with van der Waals surface area (Å²) >= 11 is 0. The summed E-state index contributed by atoms with van der Waals surface area (Å²) in [5, 5.41) is 38.5. The Labute approximate surface area is 180 Å². The topological polar surface area (TPSA) is 160 Å². The molecule has 3 N–H and O–H groups in total. The molecular formula is C22H22N6O3. The average molecular weight is 418 g/mol. The minimum atomic E-state index is -1.80. The summed E-state index contributed by atoms with van der Waals surface area (Å²) < 4.78 is 10.8. The Morgan fingerprint density at radius 2 is 2.03 bits per heavy atom. The molecule has 1 unspecified atom stereocenters. The van der Waals surface area contributed by atoms with Crippen LogP contribution in [0.5, 0.6) is 11.5 Å². The van der Waals surface area contributed by atoms with Gasteiger partial charge in [0, 0.05) is 24.9 Å². The number of nitrogens with two attached hydrogens (primary N) is 1. The predicted octanol–water partition coefficient (Wildman–Crippen LogP) is 1.34. The van der Waals surface area contributed by atoms with Crippen LogP contribution in [-0.2, 0) is 4.79 Å². The number of methoxy groups -OCH3 is 1. The van der Waals surface area contributed by atoms with Gasteiger partial charge in [-0.3, -0.25) is 4.79 Å². The number of carbonyl (C=O) groups is 1. The second kappa shape index (κ2) is 8.47. The summed E-state index contributed by atoms with van der Waals surface area (Å²) in [7, 11) is 3.36. The smallest absolute Gasteiger partial charge is 0.255 e. The summed E-state index contributed by atoms with van der Waals surface area (Å²) in [6.45, 7) is 0.836. The third kappa shape index (κ3) is 3.59. The van der Waals surface area contributed by atoms with E-state index in [2.05, 4.69) is 18.2 Å². The van der Waals surface area contributed by atoms with Gasteiger partial charge in [0.2, 0.25) is 0 Å². The number of nitriles is 3. The van der Waals surface area contributed by atoms with Gasteiger partial charge in [0.05, 0.1) is 31.0 Å². The van der Waals surface area contributed by atoms with Crippen molar-refractivity contribution >= 4 is 11.6 Å². The molecule has 0 aromatic heterocycles. The summed E-state index contributed by atoms with van der Waals surface area (Å²) in [4.78, 5) is 13.1. The van der Waals surface area contributed by atoms with Crippen molar-refractivity contribution in [1.82, 2.24) is 4.90 Å². The number of ether oxygens (including phenoxy) is 2. The van der Waals surface area contributed by atoms with E-state index in [1.807, 2.05) is 18.0 Å². The third-order valence-electron chi connectivity index (χ3n) is 5.89. The van der Waals surface area contributed by atoms with Crippen LogP contribution >= 0.6 is 0 Å². The SMILES string of the molecule is COc1cc([C@H]2[C@H]3CN(C)CC=C3C(C#N)C(=N)C2(C#N)C#N)ccc1OCC(N)=O. The van der Waals surface area contributed by atoms with Gasteiger partial charge in [0.15, 0.2) is 23.5 Å². The zero-order valence-corrected chi connectivity index (χ0v) is 17.3. The van der Waals surface area contributed by atoms with E-state index in [1.54, 1.807) is 18.2 Å². The standard InChI is InChI=1S/C22H22N6O3/c1-28-6-5-14-15(8-23)21(27)22(11-24,12-25)20(16(14)9-28)13-3-4-17(18(7-13)30-2)31-10-19(26)29/h3-5,7,15-16,20,27H,6,9-10H2,1-2H3,(H2,26,29)/t15?,16-,20-/m0/s1. The third-order valence-corrected chi connectivity index (χ3v) is 5.89. The molecule has 1 aliphatic heterocycles. The molecule has 0 bridgehead atoms. The number of primary amides is 1. The van der Waals surface area contributed by atoms with Crippen molar-refractivity contribution in [2.24, 2.45) is 23.0 Å². The van der Waals surface area contributed by atoms with Gasteiger partial charge < -0.3 is 25.5 Å². The van der Waals surface area contributed by atoms with Crippen molar-refractivity contribution in [1.29, 1.82) is 21.2 Å². The largest absolute Gasteiger partial charge is 0.493 e. The van der Waals surface area contributed by atoms with E-state index in [9.17, 15) is 20.6 Å². The van der Waals surface area contributed by atoms with Gasteiger partial charge in [0.1, 0.15) is 5.92 Å².